The van der Waals surface area contributed by atoms with Crippen molar-refractivity contribution in [1.82, 2.24) is 25.1 Å². The number of furan rings is 1. The first-order valence-corrected chi connectivity index (χ1v) is 10.0. The number of aromatic nitrogens is 4. The molecular formula is C22H24N6O. The number of rotatable bonds is 4. The van der Waals surface area contributed by atoms with E-state index < -0.39 is 0 Å². The monoisotopic (exact) mass is 388 g/mol. The van der Waals surface area contributed by atoms with Crippen LogP contribution in [0.25, 0.3) is 33.4 Å². The van der Waals surface area contributed by atoms with Crippen LogP contribution in [0.15, 0.2) is 53.6 Å². The van der Waals surface area contributed by atoms with Crippen molar-refractivity contribution in [2.75, 3.05) is 31.1 Å². The fourth-order valence-corrected chi connectivity index (χ4v) is 3.93. The van der Waals surface area contributed by atoms with Crippen molar-refractivity contribution in [3.05, 3.63) is 49.2 Å². The lowest BCUT2D eigenvalue weighted by Gasteiger charge is -2.37. The van der Waals surface area contributed by atoms with Gasteiger partial charge in [-0.15, -0.1) is 0 Å². The van der Waals surface area contributed by atoms with Crippen LogP contribution in [-0.4, -0.2) is 57.3 Å². The van der Waals surface area contributed by atoms with Crippen molar-refractivity contribution in [2.45, 2.75) is 19.9 Å². The molecule has 1 aliphatic heterocycles. The van der Waals surface area contributed by atoms with Gasteiger partial charge in [0.1, 0.15) is 17.8 Å². The van der Waals surface area contributed by atoms with Crippen LogP contribution < -0.4 is 4.90 Å². The molecule has 0 saturated carbocycles. The molecule has 3 aromatic heterocycles. The standard InChI is InChI=1S/C22H24N6O/c1-15(2)27-6-8-28(9-7-27)21-12-20(23-14-24-21)22-18-11-16(17-5-10-29-13-17)3-4-19(18)25-26-22/h3-5,10-15H,6-9H2,1-2H3,(H,25,26). The fraction of sp³-hybridized carbons (Fsp3) is 0.318. The summed E-state index contributed by atoms with van der Waals surface area (Å²) in [5, 5.41) is 8.71. The first-order chi connectivity index (χ1) is 14.2. The Balaban J connectivity index is 1.46. The highest BCUT2D eigenvalue weighted by Crippen LogP contribution is 2.31. The van der Waals surface area contributed by atoms with Gasteiger partial charge in [-0.25, -0.2) is 9.97 Å². The number of hydrogen-bond acceptors (Lipinski definition) is 6. The summed E-state index contributed by atoms with van der Waals surface area (Å²) in [6.45, 7) is 8.55. The molecule has 0 aliphatic carbocycles. The molecule has 0 radical (unpaired) electrons. The van der Waals surface area contributed by atoms with Gasteiger partial charge in [0.15, 0.2) is 0 Å². The van der Waals surface area contributed by atoms with Crippen molar-refractivity contribution in [3.63, 3.8) is 0 Å². The summed E-state index contributed by atoms with van der Waals surface area (Å²) in [5.41, 5.74) is 4.79. The summed E-state index contributed by atoms with van der Waals surface area (Å²) in [4.78, 5) is 13.9. The van der Waals surface area contributed by atoms with E-state index in [0.717, 1.165) is 65.4 Å². The first-order valence-electron chi connectivity index (χ1n) is 10.0. The van der Waals surface area contributed by atoms with Gasteiger partial charge in [-0.05, 0) is 37.6 Å². The van der Waals surface area contributed by atoms with E-state index in [4.69, 9.17) is 4.42 Å². The van der Waals surface area contributed by atoms with Crippen LogP contribution in [0.3, 0.4) is 0 Å². The number of hydrogen-bond donors (Lipinski definition) is 1. The average molecular weight is 388 g/mol. The molecule has 1 fully saturated rings. The van der Waals surface area contributed by atoms with Gasteiger partial charge in [-0.2, -0.15) is 5.10 Å². The van der Waals surface area contributed by atoms with Gasteiger partial charge in [-0.1, -0.05) is 6.07 Å². The smallest absolute Gasteiger partial charge is 0.132 e. The van der Waals surface area contributed by atoms with E-state index in [0.29, 0.717) is 6.04 Å². The van der Waals surface area contributed by atoms with Crippen molar-refractivity contribution in [1.29, 1.82) is 0 Å². The molecular weight excluding hydrogens is 364 g/mol. The molecule has 0 amide bonds. The van der Waals surface area contributed by atoms with E-state index >= 15 is 0 Å². The number of benzene rings is 1. The van der Waals surface area contributed by atoms with Crippen LogP contribution in [0.2, 0.25) is 0 Å². The van der Waals surface area contributed by atoms with E-state index in [2.05, 4.69) is 55.9 Å². The number of aromatic amines is 1. The van der Waals surface area contributed by atoms with Gasteiger partial charge >= 0.3 is 0 Å². The molecule has 0 bridgehead atoms. The molecule has 7 heteroatoms. The number of fused-ring (bicyclic) bond motifs is 1. The molecule has 1 saturated heterocycles. The van der Waals surface area contributed by atoms with Gasteiger partial charge in [0.25, 0.3) is 0 Å². The third-order valence-electron chi connectivity index (χ3n) is 5.68. The van der Waals surface area contributed by atoms with Gasteiger partial charge in [0.05, 0.1) is 23.7 Å². The van der Waals surface area contributed by atoms with Crippen LogP contribution in [0.1, 0.15) is 13.8 Å². The van der Waals surface area contributed by atoms with Gasteiger partial charge in [0, 0.05) is 49.2 Å². The molecule has 1 N–H and O–H groups in total. The minimum absolute atomic E-state index is 0.581. The third-order valence-corrected chi connectivity index (χ3v) is 5.68. The second kappa shape index (κ2) is 7.33. The number of anilines is 1. The second-order valence-electron chi connectivity index (χ2n) is 7.72. The van der Waals surface area contributed by atoms with Crippen LogP contribution in [0.5, 0.6) is 0 Å². The zero-order chi connectivity index (χ0) is 19.8. The van der Waals surface area contributed by atoms with E-state index in [1.807, 2.05) is 18.2 Å². The highest BCUT2D eigenvalue weighted by molar-refractivity contribution is 5.95. The molecule has 7 nitrogen and oxygen atoms in total. The minimum atomic E-state index is 0.581. The normalized spacial score (nSPS) is 15.5. The van der Waals surface area contributed by atoms with Crippen LogP contribution in [-0.2, 0) is 0 Å². The Labute approximate surface area is 169 Å². The van der Waals surface area contributed by atoms with Gasteiger partial charge < -0.3 is 9.32 Å². The van der Waals surface area contributed by atoms with E-state index in [1.54, 1.807) is 18.9 Å². The number of nitrogens with zero attached hydrogens (tertiary/aromatic N) is 5. The highest BCUT2D eigenvalue weighted by Gasteiger charge is 2.21. The SMILES string of the molecule is CC(C)N1CCN(c2cc(-c3n[nH]c4ccc(-c5ccoc5)cc34)ncn2)CC1. The Bertz CT molecular complexity index is 1110. The summed E-state index contributed by atoms with van der Waals surface area (Å²) in [5.74, 6) is 0.959. The van der Waals surface area contributed by atoms with E-state index in [9.17, 15) is 0 Å². The fourth-order valence-electron chi connectivity index (χ4n) is 3.93. The predicted octanol–water partition coefficient (Wildman–Crippen LogP) is 3.81. The molecule has 1 aromatic carbocycles. The third kappa shape index (κ3) is 3.38. The Hall–Kier alpha value is -3.19. The summed E-state index contributed by atoms with van der Waals surface area (Å²) in [6, 6.07) is 10.8. The van der Waals surface area contributed by atoms with Crippen molar-refractivity contribution < 1.29 is 4.42 Å². The highest BCUT2D eigenvalue weighted by atomic mass is 16.3. The maximum absolute atomic E-state index is 5.23. The van der Waals surface area contributed by atoms with Crippen LogP contribution in [0, 0.1) is 0 Å². The summed E-state index contributed by atoms with van der Waals surface area (Å²) >= 11 is 0. The van der Waals surface area contributed by atoms with E-state index in [-0.39, 0.29) is 0 Å². The van der Waals surface area contributed by atoms with Crippen LogP contribution >= 0.6 is 0 Å². The van der Waals surface area contributed by atoms with Gasteiger partial charge in [0.2, 0.25) is 0 Å². The quantitative estimate of drug-likeness (QED) is 0.573. The molecule has 1 aliphatic rings. The largest absolute Gasteiger partial charge is 0.472 e. The maximum atomic E-state index is 5.23. The molecule has 4 heterocycles. The number of H-pyrrole nitrogens is 1. The average Bonchev–Trinajstić information content (AvgIpc) is 3.43. The zero-order valence-electron chi connectivity index (χ0n) is 16.7. The first kappa shape index (κ1) is 17.9. The second-order valence-corrected chi connectivity index (χ2v) is 7.72. The maximum Gasteiger partial charge on any atom is 0.132 e. The van der Waals surface area contributed by atoms with E-state index in [1.165, 1.54) is 0 Å². The Morgan fingerprint density at radius 2 is 1.86 bits per heavy atom. The Kier molecular flexibility index (Phi) is 4.52. The minimum Gasteiger partial charge on any atom is -0.472 e. The molecule has 0 unspecified atom stereocenters. The molecule has 148 valence electrons. The molecule has 0 atom stereocenters. The zero-order valence-corrected chi connectivity index (χ0v) is 16.7. The van der Waals surface area contributed by atoms with Crippen molar-refractivity contribution in [3.8, 4) is 22.5 Å². The predicted molar refractivity (Wildman–Crippen MR) is 114 cm³/mol. The summed E-state index contributed by atoms with van der Waals surface area (Å²) in [7, 11) is 0. The lowest BCUT2D eigenvalue weighted by Crippen LogP contribution is -2.49. The Morgan fingerprint density at radius 1 is 1.00 bits per heavy atom. The molecule has 5 rings (SSSR count). The Morgan fingerprint density at radius 3 is 2.62 bits per heavy atom. The summed E-state index contributed by atoms with van der Waals surface area (Å²) < 4.78 is 5.23. The summed E-state index contributed by atoms with van der Waals surface area (Å²) in [6.07, 6.45) is 5.08. The van der Waals surface area contributed by atoms with Crippen molar-refractivity contribution in [2.24, 2.45) is 0 Å². The lowest BCUT2D eigenvalue weighted by atomic mass is 10.0. The topological polar surface area (TPSA) is 74.1 Å². The van der Waals surface area contributed by atoms with Crippen molar-refractivity contribution >= 4 is 16.7 Å². The van der Waals surface area contributed by atoms with Crippen LogP contribution in [0.4, 0.5) is 5.82 Å². The molecule has 4 aromatic rings. The molecule has 0 spiro atoms. The molecule has 29 heavy (non-hydrogen) atoms. The number of nitrogens with one attached hydrogen (secondary N) is 1. The number of piperazine rings is 1. The van der Waals surface area contributed by atoms with Gasteiger partial charge in [-0.3, -0.25) is 10.00 Å². The lowest BCUT2D eigenvalue weighted by molar-refractivity contribution is 0.209.